The number of amides is 2. The minimum Gasteiger partial charge on any atom is -0.387 e. The molecule has 0 fully saturated rings. The molecule has 0 saturated heterocycles. The van der Waals surface area contributed by atoms with E-state index in [1.165, 1.54) is 5.56 Å². The Labute approximate surface area is 201 Å². The van der Waals surface area contributed by atoms with Gasteiger partial charge in [-0.25, -0.2) is 4.99 Å². The van der Waals surface area contributed by atoms with Crippen LogP contribution < -0.4 is 11.1 Å². The van der Waals surface area contributed by atoms with Gasteiger partial charge in [0, 0.05) is 41.9 Å². The summed E-state index contributed by atoms with van der Waals surface area (Å²) in [6.07, 6.45) is 7.74. The average Bonchev–Trinajstić information content (AvgIpc) is 3.09. The number of fused-ring (bicyclic) bond motifs is 2. The van der Waals surface area contributed by atoms with Crippen LogP contribution in [0.1, 0.15) is 79.6 Å². The molecule has 0 bridgehead atoms. The van der Waals surface area contributed by atoms with Gasteiger partial charge in [-0.1, -0.05) is 26.8 Å². The average molecular weight is 460 g/mol. The van der Waals surface area contributed by atoms with Crippen LogP contribution in [0.3, 0.4) is 0 Å². The van der Waals surface area contributed by atoms with E-state index in [9.17, 15) is 9.59 Å². The number of benzene rings is 1. The number of nitrogens with one attached hydrogen (secondary N) is 1. The van der Waals surface area contributed by atoms with Crippen molar-refractivity contribution in [2.45, 2.75) is 58.8 Å². The zero-order chi connectivity index (χ0) is 24.2. The van der Waals surface area contributed by atoms with E-state index in [4.69, 9.17) is 5.73 Å². The van der Waals surface area contributed by atoms with Crippen molar-refractivity contribution in [2.24, 2.45) is 10.7 Å². The van der Waals surface area contributed by atoms with Crippen molar-refractivity contribution >= 4 is 35.1 Å². The maximum atomic E-state index is 13.1. The summed E-state index contributed by atoms with van der Waals surface area (Å²) in [4.78, 5) is 37.0. The molecule has 7 nitrogen and oxygen atoms in total. The topological polar surface area (TPSA) is 101 Å². The molecular weight excluding hydrogens is 426 g/mol. The molecule has 1 aromatic heterocycles. The third-order valence-corrected chi connectivity index (χ3v) is 6.41. The Balaban J connectivity index is 1.57. The van der Waals surface area contributed by atoms with Crippen LogP contribution in [0.25, 0.3) is 6.08 Å². The molecule has 2 amide bonds. The Morgan fingerprint density at radius 2 is 1.94 bits per heavy atom. The molecule has 1 unspecified atom stereocenters. The van der Waals surface area contributed by atoms with E-state index in [0.29, 0.717) is 47.4 Å². The Morgan fingerprint density at radius 1 is 1.18 bits per heavy atom. The summed E-state index contributed by atoms with van der Waals surface area (Å²) in [6, 6.07) is 7.33. The summed E-state index contributed by atoms with van der Waals surface area (Å²) in [5.41, 5.74) is 11.7. The summed E-state index contributed by atoms with van der Waals surface area (Å²) >= 11 is 0. The lowest BCUT2D eigenvalue weighted by Crippen LogP contribution is -2.34. The molecule has 4 rings (SSSR count). The maximum absolute atomic E-state index is 13.1. The fourth-order valence-corrected chi connectivity index (χ4v) is 4.65. The van der Waals surface area contributed by atoms with Crippen LogP contribution in [-0.4, -0.2) is 40.6 Å². The number of hydrogen-bond acceptors (Lipinski definition) is 5. The molecule has 34 heavy (non-hydrogen) atoms. The van der Waals surface area contributed by atoms with Gasteiger partial charge in [0.1, 0.15) is 5.84 Å². The molecule has 178 valence electrons. The van der Waals surface area contributed by atoms with Crippen molar-refractivity contribution in [3.8, 4) is 0 Å². The molecule has 0 radical (unpaired) electrons. The molecular formula is C27H33N5O2. The van der Waals surface area contributed by atoms with Crippen molar-refractivity contribution in [1.29, 1.82) is 0 Å². The van der Waals surface area contributed by atoms with Crippen molar-refractivity contribution < 1.29 is 9.59 Å². The third-order valence-electron chi connectivity index (χ3n) is 6.41. The van der Waals surface area contributed by atoms with Gasteiger partial charge < -0.3 is 16.0 Å². The van der Waals surface area contributed by atoms with Gasteiger partial charge in [0.15, 0.2) is 0 Å². The predicted molar refractivity (Wildman–Crippen MR) is 136 cm³/mol. The van der Waals surface area contributed by atoms with Crippen LogP contribution in [0.4, 0.5) is 11.4 Å². The van der Waals surface area contributed by atoms with E-state index in [1.807, 2.05) is 23.1 Å². The number of aliphatic imine (C=N–C) groups is 1. The molecule has 2 aliphatic rings. The van der Waals surface area contributed by atoms with Crippen molar-refractivity contribution in [3.05, 3.63) is 58.4 Å². The smallest absolute Gasteiger partial charge is 0.255 e. The van der Waals surface area contributed by atoms with Gasteiger partial charge in [0.05, 0.1) is 17.6 Å². The first-order chi connectivity index (χ1) is 16.4. The number of carbonyl (C=O) groups is 2. The molecule has 0 spiro atoms. The zero-order valence-electron chi connectivity index (χ0n) is 20.2. The van der Waals surface area contributed by atoms with Gasteiger partial charge in [-0.2, -0.15) is 0 Å². The SMILES string of the molecule is CCCN(CCC)C(=O)C1=Cc2ccc(C(=O)Nc3cnc4c(c3)C(C)CC4)cc2N=C(N)C1. The molecule has 1 aromatic carbocycles. The van der Waals surface area contributed by atoms with E-state index in [2.05, 4.69) is 36.1 Å². The highest BCUT2D eigenvalue weighted by atomic mass is 16.2. The lowest BCUT2D eigenvalue weighted by molar-refractivity contribution is -0.127. The minimum atomic E-state index is -0.231. The van der Waals surface area contributed by atoms with Crippen molar-refractivity contribution in [3.63, 3.8) is 0 Å². The molecule has 0 saturated carbocycles. The fourth-order valence-electron chi connectivity index (χ4n) is 4.65. The van der Waals surface area contributed by atoms with Crippen LogP contribution in [0.5, 0.6) is 0 Å². The summed E-state index contributed by atoms with van der Waals surface area (Å²) in [5.74, 6) is 0.583. The molecule has 7 heteroatoms. The number of pyridine rings is 1. The Bertz CT molecular complexity index is 1160. The zero-order valence-corrected chi connectivity index (χ0v) is 20.2. The molecule has 1 aliphatic heterocycles. The summed E-state index contributed by atoms with van der Waals surface area (Å²) in [6.45, 7) is 7.74. The second-order valence-corrected chi connectivity index (χ2v) is 9.17. The normalized spacial score (nSPS) is 16.6. The van der Waals surface area contributed by atoms with Crippen LogP contribution in [0.2, 0.25) is 0 Å². The first-order valence-corrected chi connectivity index (χ1v) is 12.2. The summed E-state index contributed by atoms with van der Waals surface area (Å²) < 4.78 is 0. The molecule has 1 aliphatic carbocycles. The first-order valence-electron chi connectivity index (χ1n) is 12.2. The van der Waals surface area contributed by atoms with Gasteiger partial charge in [0.2, 0.25) is 5.91 Å². The number of rotatable bonds is 7. The summed E-state index contributed by atoms with van der Waals surface area (Å²) in [7, 11) is 0. The van der Waals surface area contributed by atoms with Crippen molar-refractivity contribution in [1.82, 2.24) is 9.88 Å². The Hall–Kier alpha value is -3.48. The van der Waals surface area contributed by atoms with Gasteiger partial charge in [-0.15, -0.1) is 0 Å². The molecule has 3 N–H and O–H groups in total. The quantitative estimate of drug-likeness (QED) is 0.620. The second-order valence-electron chi connectivity index (χ2n) is 9.17. The Morgan fingerprint density at radius 3 is 2.68 bits per heavy atom. The largest absolute Gasteiger partial charge is 0.387 e. The highest BCUT2D eigenvalue weighted by molar-refractivity contribution is 6.07. The number of carbonyl (C=O) groups excluding carboxylic acids is 2. The van der Waals surface area contributed by atoms with E-state index in [-0.39, 0.29) is 18.2 Å². The van der Waals surface area contributed by atoms with Gasteiger partial charge in [-0.3, -0.25) is 14.6 Å². The van der Waals surface area contributed by atoms with Gasteiger partial charge in [0.25, 0.3) is 5.91 Å². The fraction of sp³-hybridized carbons (Fsp3) is 0.407. The summed E-state index contributed by atoms with van der Waals surface area (Å²) in [5, 5.41) is 2.95. The number of nitrogens with zero attached hydrogens (tertiary/aromatic N) is 3. The van der Waals surface area contributed by atoms with Gasteiger partial charge in [-0.05, 0) is 61.4 Å². The van der Waals surface area contributed by atoms with Gasteiger partial charge >= 0.3 is 0 Å². The first kappa shape index (κ1) is 23.7. The number of aryl methyl sites for hydroxylation is 1. The molecule has 2 aromatic rings. The highest BCUT2D eigenvalue weighted by Crippen LogP contribution is 2.33. The number of aromatic nitrogens is 1. The maximum Gasteiger partial charge on any atom is 0.255 e. The highest BCUT2D eigenvalue weighted by Gasteiger charge is 2.22. The number of amidine groups is 1. The number of hydrogen-bond donors (Lipinski definition) is 2. The Kier molecular flexibility index (Phi) is 7.10. The standard InChI is InChI=1S/C27H33N5O2/c1-4-10-32(11-5-2)27(34)20-12-18-7-8-19(13-24(18)31-25(28)14-20)26(33)30-21-15-22-17(3)6-9-23(22)29-16-21/h7-8,12-13,15-17H,4-6,9-11,14H2,1-3H3,(H2,28,31)(H,30,33). The monoisotopic (exact) mass is 459 g/mol. The molecule has 1 atom stereocenters. The predicted octanol–water partition coefficient (Wildman–Crippen LogP) is 4.81. The molecule has 2 heterocycles. The van der Waals surface area contributed by atoms with E-state index >= 15 is 0 Å². The van der Waals surface area contributed by atoms with E-state index in [0.717, 1.165) is 36.9 Å². The van der Waals surface area contributed by atoms with E-state index in [1.54, 1.807) is 18.3 Å². The third kappa shape index (κ3) is 5.03. The number of nitrogens with two attached hydrogens (primary N) is 1. The van der Waals surface area contributed by atoms with Crippen LogP contribution >= 0.6 is 0 Å². The van der Waals surface area contributed by atoms with Crippen LogP contribution in [0.15, 0.2) is 41.0 Å². The second kappa shape index (κ2) is 10.2. The van der Waals surface area contributed by atoms with Crippen LogP contribution in [-0.2, 0) is 11.2 Å². The van der Waals surface area contributed by atoms with Crippen LogP contribution in [0, 0.1) is 0 Å². The van der Waals surface area contributed by atoms with E-state index < -0.39 is 0 Å². The minimum absolute atomic E-state index is 0.00476. The number of anilines is 1. The lowest BCUT2D eigenvalue weighted by Gasteiger charge is -2.22. The lowest BCUT2D eigenvalue weighted by atomic mass is 10.0. The van der Waals surface area contributed by atoms with Crippen molar-refractivity contribution in [2.75, 3.05) is 18.4 Å².